The highest BCUT2D eigenvalue weighted by Crippen LogP contribution is 2.17. The molecule has 0 radical (unpaired) electrons. The number of ether oxygens (including phenoxy) is 1. The zero-order valence-electron chi connectivity index (χ0n) is 10.7. The van der Waals surface area contributed by atoms with Crippen LogP contribution < -0.4 is 5.32 Å². The number of nitrogens with zero attached hydrogens (tertiary/aromatic N) is 2. The molecule has 16 heavy (non-hydrogen) atoms. The lowest BCUT2D eigenvalue weighted by molar-refractivity contribution is 0.0461. The molecule has 1 rings (SSSR count). The van der Waals surface area contributed by atoms with Gasteiger partial charge in [0, 0.05) is 25.5 Å². The number of nitrogens with one attached hydrogen (secondary N) is 1. The van der Waals surface area contributed by atoms with Crippen LogP contribution in [0.1, 0.15) is 39.1 Å². The van der Waals surface area contributed by atoms with Gasteiger partial charge in [-0.1, -0.05) is 6.92 Å². The van der Waals surface area contributed by atoms with Crippen molar-refractivity contribution < 1.29 is 4.74 Å². The highest BCUT2D eigenvalue weighted by Gasteiger charge is 2.21. The fourth-order valence-corrected chi connectivity index (χ4v) is 1.96. The number of aryl methyl sites for hydroxylation is 1. The predicted molar refractivity (Wildman–Crippen MR) is 65.4 cm³/mol. The van der Waals surface area contributed by atoms with Gasteiger partial charge >= 0.3 is 0 Å². The molecule has 0 aliphatic heterocycles. The highest BCUT2D eigenvalue weighted by atomic mass is 16.5. The summed E-state index contributed by atoms with van der Waals surface area (Å²) in [5.74, 6) is 1.06. The van der Waals surface area contributed by atoms with E-state index in [4.69, 9.17) is 4.74 Å². The number of aromatic nitrogens is 2. The van der Waals surface area contributed by atoms with Crippen LogP contribution in [0.15, 0.2) is 12.4 Å². The van der Waals surface area contributed by atoms with E-state index in [2.05, 4.69) is 28.7 Å². The summed E-state index contributed by atoms with van der Waals surface area (Å²) in [7, 11) is 1.95. The monoisotopic (exact) mass is 225 g/mol. The van der Waals surface area contributed by atoms with E-state index in [1.807, 2.05) is 26.4 Å². The molecule has 0 fully saturated rings. The van der Waals surface area contributed by atoms with Crippen molar-refractivity contribution in [3.63, 3.8) is 0 Å². The van der Waals surface area contributed by atoms with E-state index in [1.54, 1.807) is 0 Å². The number of hydrogen-bond acceptors (Lipinski definition) is 3. The van der Waals surface area contributed by atoms with E-state index in [0.29, 0.717) is 0 Å². The SMILES string of the molecule is CCCn1ccnc1C(NC)C(C)OCC. The maximum absolute atomic E-state index is 5.64. The minimum absolute atomic E-state index is 0.132. The van der Waals surface area contributed by atoms with E-state index in [1.165, 1.54) is 0 Å². The van der Waals surface area contributed by atoms with Crippen molar-refractivity contribution >= 4 is 0 Å². The molecule has 0 saturated carbocycles. The number of hydrogen-bond donors (Lipinski definition) is 1. The van der Waals surface area contributed by atoms with Crippen molar-refractivity contribution in [1.29, 1.82) is 0 Å². The van der Waals surface area contributed by atoms with Gasteiger partial charge < -0.3 is 14.6 Å². The molecule has 1 heterocycles. The van der Waals surface area contributed by atoms with Gasteiger partial charge in [-0.25, -0.2) is 4.98 Å². The van der Waals surface area contributed by atoms with Crippen molar-refractivity contribution in [2.24, 2.45) is 0 Å². The van der Waals surface area contributed by atoms with Crippen LogP contribution in [-0.2, 0) is 11.3 Å². The number of imidazole rings is 1. The molecule has 92 valence electrons. The summed E-state index contributed by atoms with van der Waals surface area (Å²) in [5, 5.41) is 3.28. The Morgan fingerprint density at radius 3 is 2.81 bits per heavy atom. The second kappa shape index (κ2) is 6.66. The maximum atomic E-state index is 5.64. The van der Waals surface area contributed by atoms with Crippen LogP contribution in [0.25, 0.3) is 0 Å². The second-order valence-corrected chi connectivity index (χ2v) is 3.91. The zero-order chi connectivity index (χ0) is 12.0. The van der Waals surface area contributed by atoms with E-state index in [-0.39, 0.29) is 12.1 Å². The Balaban J connectivity index is 2.81. The quantitative estimate of drug-likeness (QED) is 0.771. The third kappa shape index (κ3) is 3.06. The van der Waals surface area contributed by atoms with Gasteiger partial charge in [0.1, 0.15) is 5.82 Å². The molecular formula is C12H23N3O. The third-order valence-corrected chi connectivity index (χ3v) is 2.70. The van der Waals surface area contributed by atoms with Crippen LogP contribution in [-0.4, -0.2) is 29.3 Å². The molecule has 4 nitrogen and oxygen atoms in total. The van der Waals surface area contributed by atoms with Crippen molar-refractivity contribution in [3.05, 3.63) is 18.2 Å². The minimum Gasteiger partial charge on any atom is -0.377 e. The first kappa shape index (κ1) is 13.2. The van der Waals surface area contributed by atoms with Gasteiger partial charge in [0.05, 0.1) is 12.1 Å². The van der Waals surface area contributed by atoms with Crippen LogP contribution in [0.3, 0.4) is 0 Å². The second-order valence-electron chi connectivity index (χ2n) is 3.91. The molecule has 0 aliphatic rings. The normalized spacial score (nSPS) is 15.0. The molecule has 1 N–H and O–H groups in total. The van der Waals surface area contributed by atoms with Gasteiger partial charge in [-0.15, -0.1) is 0 Å². The van der Waals surface area contributed by atoms with Crippen LogP contribution in [0.4, 0.5) is 0 Å². The molecule has 1 aromatic rings. The lowest BCUT2D eigenvalue weighted by Gasteiger charge is -2.23. The van der Waals surface area contributed by atoms with E-state index in [0.717, 1.165) is 25.4 Å². The largest absolute Gasteiger partial charge is 0.377 e. The topological polar surface area (TPSA) is 39.1 Å². The molecule has 0 spiro atoms. The molecule has 0 aromatic carbocycles. The first-order valence-corrected chi connectivity index (χ1v) is 6.04. The Morgan fingerprint density at radius 2 is 2.25 bits per heavy atom. The summed E-state index contributed by atoms with van der Waals surface area (Å²) in [5.41, 5.74) is 0. The van der Waals surface area contributed by atoms with E-state index < -0.39 is 0 Å². The first-order valence-electron chi connectivity index (χ1n) is 6.04. The number of rotatable bonds is 7. The Kier molecular flexibility index (Phi) is 5.49. The Hall–Kier alpha value is -0.870. The third-order valence-electron chi connectivity index (χ3n) is 2.70. The summed E-state index contributed by atoms with van der Waals surface area (Å²) in [6.45, 7) is 8.00. The average Bonchev–Trinajstić information content (AvgIpc) is 2.69. The molecule has 0 bridgehead atoms. The highest BCUT2D eigenvalue weighted by molar-refractivity contribution is 5.01. The van der Waals surface area contributed by atoms with E-state index in [9.17, 15) is 0 Å². The lowest BCUT2D eigenvalue weighted by atomic mass is 10.1. The Morgan fingerprint density at radius 1 is 1.50 bits per heavy atom. The van der Waals surface area contributed by atoms with Crippen LogP contribution in [0.5, 0.6) is 0 Å². The van der Waals surface area contributed by atoms with Crippen LogP contribution >= 0.6 is 0 Å². The molecule has 0 saturated heterocycles. The standard InChI is InChI=1S/C12H23N3O/c1-5-8-15-9-7-14-12(15)11(13-4)10(3)16-6-2/h7,9-11,13H,5-6,8H2,1-4H3. The molecule has 2 atom stereocenters. The zero-order valence-corrected chi connectivity index (χ0v) is 10.7. The molecule has 0 amide bonds. The van der Waals surface area contributed by atoms with E-state index >= 15 is 0 Å². The molecule has 1 aromatic heterocycles. The summed E-state index contributed by atoms with van der Waals surface area (Å²) >= 11 is 0. The Bertz CT molecular complexity index is 298. The van der Waals surface area contributed by atoms with Crippen molar-refractivity contribution in [2.75, 3.05) is 13.7 Å². The van der Waals surface area contributed by atoms with Crippen molar-refractivity contribution in [3.8, 4) is 0 Å². The first-order chi connectivity index (χ1) is 7.74. The molecule has 2 unspecified atom stereocenters. The van der Waals surface area contributed by atoms with Gasteiger partial charge in [-0.2, -0.15) is 0 Å². The minimum atomic E-state index is 0.132. The van der Waals surface area contributed by atoms with Gasteiger partial charge in [0.15, 0.2) is 0 Å². The fraction of sp³-hybridized carbons (Fsp3) is 0.750. The molecular weight excluding hydrogens is 202 g/mol. The lowest BCUT2D eigenvalue weighted by Crippen LogP contribution is -2.32. The maximum Gasteiger partial charge on any atom is 0.128 e. The van der Waals surface area contributed by atoms with Crippen LogP contribution in [0, 0.1) is 0 Å². The van der Waals surface area contributed by atoms with Crippen molar-refractivity contribution in [1.82, 2.24) is 14.9 Å². The fourth-order valence-electron chi connectivity index (χ4n) is 1.96. The van der Waals surface area contributed by atoms with Crippen LogP contribution in [0.2, 0.25) is 0 Å². The average molecular weight is 225 g/mol. The Labute approximate surface area is 98.0 Å². The van der Waals surface area contributed by atoms with Gasteiger partial charge in [-0.05, 0) is 27.3 Å². The van der Waals surface area contributed by atoms with Gasteiger partial charge in [0.25, 0.3) is 0 Å². The predicted octanol–water partition coefficient (Wildman–Crippen LogP) is 1.98. The van der Waals surface area contributed by atoms with Gasteiger partial charge in [0.2, 0.25) is 0 Å². The van der Waals surface area contributed by atoms with Gasteiger partial charge in [-0.3, -0.25) is 0 Å². The smallest absolute Gasteiger partial charge is 0.128 e. The summed E-state index contributed by atoms with van der Waals surface area (Å²) < 4.78 is 7.83. The summed E-state index contributed by atoms with van der Waals surface area (Å²) in [6, 6.07) is 0.154. The van der Waals surface area contributed by atoms with Crippen molar-refractivity contribution in [2.45, 2.75) is 45.9 Å². The summed E-state index contributed by atoms with van der Waals surface area (Å²) in [4.78, 5) is 4.43. The summed E-state index contributed by atoms with van der Waals surface area (Å²) in [6.07, 6.45) is 5.13. The number of likely N-dealkylation sites (N-methyl/N-ethyl adjacent to an activating group) is 1. The molecule has 0 aliphatic carbocycles. The molecule has 4 heteroatoms.